The number of nitrogens with zero attached hydrogens (tertiary/aromatic N) is 2. The van der Waals surface area contributed by atoms with Crippen LogP contribution in [0.15, 0.2) is 79.1 Å². The van der Waals surface area contributed by atoms with E-state index in [1.54, 1.807) is 0 Å². The molecule has 1 saturated heterocycles. The maximum absolute atomic E-state index is 12.7. The fraction of sp³-hybridized carbons (Fsp3) is 0.280. The first-order chi connectivity index (χ1) is 14.2. The van der Waals surface area contributed by atoms with Gasteiger partial charge in [0.05, 0.1) is 6.04 Å². The van der Waals surface area contributed by atoms with Gasteiger partial charge < -0.3 is 5.32 Å². The highest BCUT2D eigenvalue weighted by molar-refractivity contribution is 5.83. The molecule has 4 rings (SSSR count). The van der Waals surface area contributed by atoms with E-state index < -0.39 is 0 Å². The third-order valence-electron chi connectivity index (χ3n) is 5.69. The van der Waals surface area contributed by atoms with Crippen LogP contribution in [0.25, 0.3) is 11.1 Å². The topological polar surface area (TPSA) is 45.2 Å². The zero-order valence-electron chi connectivity index (χ0n) is 16.8. The Hall–Kier alpha value is -2.98. The van der Waals surface area contributed by atoms with Crippen molar-refractivity contribution in [3.05, 3.63) is 90.3 Å². The van der Waals surface area contributed by atoms with Crippen LogP contribution in [0.1, 0.15) is 24.0 Å². The molecule has 1 aromatic heterocycles. The van der Waals surface area contributed by atoms with Gasteiger partial charge in [-0.05, 0) is 46.7 Å². The molecule has 0 saturated carbocycles. The van der Waals surface area contributed by atoms with Crippen molar-refractivity contribution < 1.29 is 4.79 Å². The van der Waals surface area contributed by atoms with Crippen molar-refractivity contribution in [1.29, 1.82) is 0 Å². The molecule has 0 spiro atoms. The highest BCUT2D eigenvalue weighted by atomic mass is 16.2. The van der Waals surface area contributed by atoms with Crippen LogP contribution < -0.4 is 5.32 Å². The Bertz CT molecular complexity index is 943. The number of pyridine rings is 1. The van der Waals surface area contributed by atoms with Crippen LogP contribution in [0.4, 0.5) is 0 Å². The normalized spacial score (nSPS) is 18.2. The monoisotopic (exact) mass is 385 g/mol. The van der Waals surface area contributed by atoms with E-state index in [0.717, 1.165) is 24.2 Å². The van der Waals surface area contributed by atoms with E-state index in [4.69, 9.17) is 0 Å². The van der Waals surface area contributed by atoms with Gasteiger partial charge in [0.15, 0.2) is 0 Å². The minimum absolute atomic E-state index is 0.130. The minimum atomic E-state index is -0.136. The molecule has 1 aliphatic rings. The second-order valence-corrected chi connectivity index (χ2v) is 7.75. The van der Waals surface area contributed by atoms with Crippen LogP contribution in [0.5, 0.6) is 0 Å². The van der Waals surface area contributed by atoms with Crippen LogP contribution in [0, 0.1) is 0 Å². The Balaban J connectivity index is 1.51. The van der Waals surface area contributed by atoms with Crippen molar-refractivity contribution in [2.75, 3.05) is 19.6 Å². The molecule has 2 heterocycles. The number of benzene rings is 2. The quantitative estimate of drug-likeness (QED) is 0.700. The van der Waals surface area contributed by atoms with E-state index in [0.29, 0.717) is 18.9 Å². The minimum Gasteiger partial charge on any atom is -0.353 e. The van der Waals surface area contributed by atoms with E-state index in [2.05, 4.69) is 70.7 Å². The number of amides is 1. The first-order valence-electron chi connectivity index (χ1n) is 10.3. The van der Waals surface area contributed by atoms with Gasteiger partial charge in [-0.2, -0.15) is 0 Å². The lowest BCUT2D eigenvalue weighted by atomic mass is 9.95. The van der Waals surface area contributed by atoms with Crippen molar-refractivity contribution >= 4 is 5.91 Å². The SMILES string of the molecule is CC(CN1CCNC(=O)C1Cc1cccc(-c2ccncc2)c1)c1ccccc1. The largest absolute Gasteiger partial charge is 0.353 e. The van der Waals surface area contributed by atoms with Gasteiger partial charge >= 0.3 is 0 Å². The maximum atomic E-state index is 12.7. The zero-order valence-corrected chi connectivity index (χ0v) is 16.8. The maximum Gasteiger partial charge on any atom is 0.237 e. The molecule has 0 radical (unpaired) electrons. The first-order valence-corrected chi connectivity index (χ1v) is 10.3. The van der Waals surface area contributed by atoms with E-state index in [-0.39, 0.29) is 11.9 Å². The van der Waals surface area contributed by atoms with E-state index in [1.165, 1.54) is 11.1 Å². The summed E-state index contributed by atoms with van der Waals surface area (Å²) >= 11 is 0. The smallest absolute Gasteiger partial charge is 0.237 e. The van der Waals surface area contributed by atoms with Crippen molar-refractivity contribution in [2.45, 2.75) is 25.3 Å². The van der Waals surface area contributed by atoms with Gasteiger partial charge in [-0.1, -0.05) is 61.5 Å². The molecule has 4 nitrogen and oxygen atoms in total. The van der Waals surface area contributed by atoms with Crippen LogP contribution in [0.3, 0.4) is 0 Å². The number of piperazine rings is 1. The van der Waals surface area contributed by atoms with Crippen molar-refractivity contribution in [3.8, 4) is 11.1 Å². The van der Waals surface area contributed by atoms with Gasteiger partial charge in [-0.3, -0.25) is 14.7 Å². The summed E-state index contributed by atoms with van der Waals surface area (Å²) in [5.74, 6) is 0.513. The highest BCUT2D eigenvalue weighted by Gasteiger charge is 2.30. The van der Waals surface area contributed by atoms with E-state index in [1.807, 2.05) is 30.6 Å². The molecule has 1 aliphatic heterocycles. The number of carbonyl (C=O) groups excluding carboxylic acids is 1. The molecule has 0 bridgehead atoms. The summed E-state index contributed by atoms with van der Waals surface area (Å²) in [5, 5.41) is 3.05. The van der Waals surface area contributed by atoms with Crippen LogP contribution in [-0.4, -0.2) is 41.5 Å². The lowest BCUT2D eigenvalue weighted by Gasteiger charge is -2.36. The Morgan fingerprint density at radius 1 is 1.03 bits per heavy atom. The fourth-order valence-electron chi connectivity index (χ4n) is 4.09. The molecule has 29 heavy (non-hydrogen) atoms. The molecule has 2 atom stereocenters. The van der Waals surface area contributed by atoms with Gasteiger partial charge in [0, 0.05) is 32.0 Å². The standard InChI is InChI=1S/C25H27N3O/c1-19(21-7-3-2-4-8-21)18-28-15-14-27-25(29)24(28)17-20-6-5-9-23(16-20)22-10-12-26-13-11-22/h2-13,16,19,24H,14-15,17-18H2,1H3,(H,27,29). The van der Waals surface area contributed by atoms with Gasteiger partial charge in [0.25, 0.3) is 0 Å². The zero-order chi connectivity index (χ0) is 20.1. The number of rotatable bonds is 6. The number of hydrogen-bond donors (Lipinski definition) is 1. The Morgan fingerprint density at radius 3 is 2.62 bits per heavy atom. The molecule has 0 aliphatic carbocycles. The number of aromatic nitrogens is 1. The average molecular weight is 386 g/mol. The predicted octanol–water partition coefficient (Wildman–Crippen LogP) is 3.90. The third kappa shape index (κ3) is 4.72. The molecule has 1 fully saturated rings. The highest BCUT2D eigenvalue weighted by Crippen LogP contribution is 2.23. The van der Waals surface area contributed by atoms with Gasteiger partial charge in [0.1, 0.15) is 0 Å². The Kier molecular flexibility index (Phi) is 6.01. The van der Waals surface area contributed by atoms with Crippen LogP contribution >= 0.6 is 0 Å². The molecular weight excluding hydrogens is 358 g/mol. The second kappa shape index (κ2) is 9.01. The summed E-state index contributed by atoms with van der Waals surface area (Å²) < 4.78 is 0. The lowest BCUT2D eigenvalue weighted by molar-refractivity contribution is -0.129. The molecule has 1 N–H and O–H groups in total. The van der Waals surface area contributed by atoms with Crippen molar-refractivity contribution in [3.63, 3.8) is 0 Å². The molecule has 4 heteroatoms. The van der Waals surface area contributed by atoms with Gasteiger partial charge in [-0.15, -0.1) is 0 Å². The first kappa shape index (κ1) is 19.3. The summed E-state index contributed by atoms with van der Waals surface area (Å²) in [4.78, 5) is 19.2. The molecule has 148 valence electrons. The molecule has 2 aromatic carbocycles. The Labute approximate surface area is 172 Å². The lowest BCUT2D eigenvalue weighted by Crippen LogP contribution is -2.56. The molecule has 3 aromatic rings. The van der Waals surface area contributed by atoms with Crippen LogP contribution in [0.2, 0.25) is 0 Å². The van der Waals surface area contributed by atoms with Gasteiger partial charge in [-0.25, -0.2) is 0 Å². The van der Waals surface area contributed by atoms with E-state index in [9.17, 15) is 4.79 Å². The van der Waals surface area contributed by atoms with Gasteiger partial charge in [0.2, 0.25) is 5.91 Å². The third-order valence-corrected chi connectivity index (χ3v) is 5.69. The predicted molar refractivity (Wildman–Crippen MR) is 117 cm³/mol. The summed E-state index contributed by atoms with van der Waals surface area (Å²) in [6, 6.07) is 22.9. The number of nitrogens with one attached hydrogen (secondary N) is 1. The summed E-state index contributed by atoms with van der Waals surface area (Å²) in [6.45, 7) is 4.72. The van der Waals surface area contributed by atoms with Crippen LogP contribution in [-0.2, 0) is 11.2 Å². The Morgan fingerprint density at radius 2 is 1.83 bits per heavy atom. The summed E-state index contributed by atoms with van der Waals surface area (Å²) in [6.07, 6.45) is 4.33. The molecule has 2 unspecified atom stereocenters. The number of carbonyl (C=O) groups is 1. The molecule has 1 amide bonds. The average Bonchev–Trinajstić information content (AvgIpc) is 2.77. The molecular formula is C25H27N3O. The fourth-order valence-corrected chi connectivity index (χ4v) is 4.09. The van der Waals surface area contributed by atoms with E-state index >= 15 is 0 Å². The summed E-state index contributed by atoms with van der Waals surface area (Å²) in [7, 11) is 0. The second-order valence-electron chi connectivity index (χ2n) is 7.75. The van der Waals surface area contributed by atoms with Crippen molar-refractivity contribution in [1.82, 2.24) is 15.2 Å². The number of hydrogen-bond acceptors (Lipinski definition) is 3. The van der Waals surface area contributed by atoms with Crippen molar-refractivity contribution in [2.24, 2.45) is 0 Å². The summed E-state index contributed by atoms with van der Waals surface area (Å²) in [5.41, 5.74) is 4.80.